The summed E-state index contributed by atoms with van der Waals surface area (Å²) in [6.45, 7) is 5.66. The van der Waals surface area contributed by atoms with E-state index in [9.17, 15) is 4.79 Å². The number of aliphatic carboxylic acids is 1. The molecule has 27 heavy (non-hydrogen) atoms. The zero-order chi connectivity index (χ0) is 20.8. The van der Waals surface area contributed by atoms with Crippen LogP contribution in [0.25, 0.3) is 0 Å². The van der Waals surface area contributed by atoms with Gasteiger partial charge in [-0.05, 0) is 52.4 Å². The molecule has 0 heterocycles. The van der Waals surface area contributed by atoms with Gasteiger partial charge in [-0.25, -0.2) is 0 Å². The third kappa shape index (κ3) is 33.2. The second-order valence-corrected chi connectivity index (χ2v) is 8.01. The maximum atomic E-state index is 10.3. The van der Waals surface area contributed by atoms with Gasteiger partial charge in [-0.1, -0.05) is 70.4 Å². The van der Waals surface area contributed by atoms with Crippen LogP contribution in [0.4, 0.5) is 0 Å². The number of carboxylic acids is 1. The van der Waals surface area contributed by atoms with Gasteiger partial charge in [0, 0.05) is 13.0 Å². The maximum absolute atomic E-state index is 10.3. The van der Waals surface area contributed by atoms with Crippen molar-refractivity contribution in [2.24, 2.45) is 0 Å². The topological polar surface area (TPSA) is 77.8 Å². The first kappa shape index (κ1) is 28.3. The highest BCUT2D eigenvalue weighted by Gasteiger charge is 2.09. The van der Waals surface area contributed by atoms with Crippen LogP contribution in [0, 0.1) is 0 Å². The van der Waals surface area contributed by atoms with E-state index in [1.54, 1.807) is 13.8 Å². The molecule has 0 saturated carbocycles. The van der Waals surface area contributed by atoms with Crippen molar-refractivity contribution in [3.8, 4) is 0 Å². The Hall–Kier alpha value is -0.870. The molecule has 0 aliphatic carbocycles. The van der Waals surface area contributed by atoms with Gasteiger partial charge in [0.1, 0.15) is 0 Å². The lowest BCUT2D eigenvalue weighted by atomic mass is 10.1. The first-order valence-electron chi connectivity index (χ1n) is 11.0. The molecule has 4 nitrogen and oxygen atoms in total. The largest absolute Gasteiger partial charge is 0.481 e. The summed E-state index contributed by atoms with van der Waals surface area (Å²) in [6, 6.07) is 0. The molecule has 0 spiro atoms. The molecule has 0 radical (unpaired) electrons. The van der Waals surface area contributed by atoms with Crippen LogP contribution in [0.3, 0.4) is 0 Å². The molecule has 0 aliphatic rings. The van der Waals surface area contributed by atoms with Crippen LogP contribution in [0.15, 0.2) is 12.2 Å². The molecule has 0 aliphatic heterocycles. The molecule has 0 aromatic heterocycles. The molecule has 0 rings (SSSR count). The number of hydrogen-bond acceptors (Lipinski definition) is 3. The Morgan fingerprint density at radius 1 is 0.815 bits per heavy atom. The predicted octanol–water partition coefficient (Wildman–Crippen LogP) is 6.25. The number of aliphatic hydroxyl groups is 2. The number of carbonyl (C=O) groups is 1. The average molecular weight is 387 g/mol. The molecule has 162 valence electrons. The quantitative estimate of drug-likeness (QED) is 0.204. The fraction of sp³-hybridized carbons (Fsp3) is 0.870. The summed E-state index contributed by atoms with van der Waals surface area (Å²) in [6.07, 6.45) is 21.7. The van der Waals surface area contributed by atoms with E-state index in [1.165, 1.54) is 70.6 Å². The summed E-state index contributed by atoms with van der Waals surface area (Å²) in [5, 5.41) is 25.6. The molecule has 0 aromatic rings. The van der Waals surface area contributed by atoms with Crippen molar-refractivity contribution in [1.82, 2.24) is 0 Å². The monoisotopic (exact) mass is 386 g/mol. The van der Waals surface area contributed by atoms with E-state index in [2.05, 4.69) is 19.1 Å². The fourth-order valence-electron chi connectivity index (χ4n) is 2.62. The van der Waals surface area contributed by atoms with E-state index >= 15 is 0 Å². The molecule has 0 unspecified atom stereocenters. The third-order valence-electron chi connectivity index (χ3n) is 4.38. The van der Waals surface area contributed by atoms with E-state index in [0.717, 1.165) is 12.8 Å². The van der Waals surface area contributed by atoms with Crippen LogP contribution in [0.5, 0.6) is 0 Å². The Morgan fingerprint density at radius 3 is 1.63 bits per heavy atom. The first-order valence-corrected chi connectivity index (χ1v) is 11.0. The summed E-state index contributed by atoms with van der Waals surface area (Å²) in [4.78, 5) is 10.3. The summed E-state index contributed by atoms with van der Waals surface area (Å²) in [5.41, 5.74) is -0.700. The normalized spacial score (nSPS) is 11.4. The second-order valence-electron chi connectivity index (χ2n) is 8.01. The number of hydrogen-bond donors (Lipinski definition) is 3. The second kappa shape index (κ2) is 21.4. The maximum Gasteiger partial charge on any atom is 0.303 e. The Balaban J connectivity index is 0. The van der Waals surface area contributed by atoms with E-state index in [0.29, 0.717) is 12.8 Å². The Bertz CT molecular complexity index is 332. The number of aliphatic hydroxyl groups excluding tert-OH is 1. The summed E-state index contributed by atoms with van der Waals surface area (Å²) < 4.78 is 0. The van der Waals surface area contributed by atoms with Gasteiger partial charge in [-0.3, -0.25) is 4.79 Å². The predicted molar refractivity (Wildman–Crippen MR) is 115 cm³/mol. The lowest BCUT2D eigenvalue weighted by Crippen LogP contribution is -2.19. The van der Waals surface area contributed by atoms with Crippen molar-refractivity contribution >= 4 is 5.97 Å². The summed E-state index contributed by atoms with van der Waals surface area (Å²) >= 11 is 0. The van der Waals surface area contributed by atoms with Gasteiger partial charge >= 0.3 is 5.97 Å². The van der Waals surface area contributed by atoms with Gasteiger partial charge in [0.2, 0.25) is 0 Å². The van der Waals surface area contributed by atoms with Gasteiger partial charge in [-0.2, -0.15) is 0 Å². The van der Waals surface area contributed by atoms with Crippen LogP contribution in [-0.4, -0.2) is 33.5 Å². The van der Waals surface area contributed by atoms with E-state index in [1.807, 2.05) is 0 Å². The Labute approximate surface area is 168 Å². The zero-order valence-corrected chi connectivity index (χ0v) is 18.2. The molecular formula is C23H46O4. The van der Waals surface area contributed by atoms with Crippen molar-refractivity contribution in [3.05, 3.63) is 12.2 Å². The van der Waals surface area contributed by atoms with Crippen molar-refractivity contribution in [3.63, 3.8) is 0 Å². The first-order chi connectivity index (χ1) is 12.8. The highest BCUT2D eigenvalue weighted by atomic mass is 16.4. The van der Waals surface area contributed by atoms with E-state index < -0.39 is 11.6 Å². The molecule has 0 saturated heterocycles. The van der Waals surface area contributed by atoms with E-state index in [4.69, 9.17) is 15.3 Å². The molecule has 0 amide bonds. The lowest BCUT2D eigenvalue weighted by molar-refractivity contribution is -0.137. The molecule has 0 aromatic carbocycles. The highest BCUT2D eigenvalue weighted by molar-refractivity contribution is 5.66. The van der Waals surface area contributed by atoms with Crippen LogP contribution in [-0.2, 0) is 4.79 Å². The van der Waals surface area contributed by atoms with Crippen LogP contribution in [0.1, 0.15) is 117 Å². The molecule has 0 bridgehead atoms. The molecule has 3 N–H and O–H groups in total. The van der Waals surface area contributed by atoms with Crippen LogP contribution >= 0.6 is 0 Å². The third-order valence-corrected chi connectivity index (χ3v) is 4.38. The fourth-order valence-corrected chi connectivity index (χ4v) is 2.62. The highest BCUT2D eigenvalue weighted by Crippen LogP contribution is 2.09. The Morgan fingerprint density at radius 2 is 1.26 bits per heavy atom. The summed E-state index contributed by atoms with van der Waals surface area (Å²) in [7, 11) is 0. The van der Waals surface area contributed by atoms with Crippen LogP contribution in [0.2, 0.25) is 0 Å². The zero-order valence-electron chi connectivity index (χ0n) is 18.2. The van der Waals surface area contributed by atoms with Crippen molar-refractivity contribution in [1.29, 1.82) is 0 Å². The number of rotatable bonds is 17. The Kier molecular flexibility index (Phi) is 22.5. The minimum Gasteiger partial charge on any atom is -0.481 e. The van der Waals surface area contributed by atoms with Gasteiger partial charge < -0.3 is 15.3 Å². The van der Waals surface area contributed by atoms with Gasteiger partial charge in [0.05, 0.1) is 5.60 Å². The van der Waals surface area contributed by atoms with E-state index in [-0.39, 0.29) is 6.61 Å². The summed E-state index contributed by atoms with van der Waals surface area (Å²) in [5.74, 6) is -0.664. The average Bonchev–Trinajstić information content (AvgIpc) is 2.57. The van der Waals surface area contributed by atoms with Crippen molar-refractivity contribution in [2.75, 3.05) is 6.61 Å². The lowest BCUT2D eigenvalue weighted by Gasteiger charge is -2.13. The molecule has 0 fully saturated rings. The number of allylic oxidation sites excluding steroid dienone is 2. The molecule has 0 atom stereocenters. The number of carboxylic acid groups (broad SMARTS) is 1. The molecular weight excluding hydrogens is 340 g/mol. The van der Waals surface area contributed by atoms with Crippen LogP contribution < -0.4 is 0 Å². The standard InChI is InChI=1S/C18H34O2.C5H12O2/c1-2-3-4-5-6-7-8-9-10-11-12-13-14-15-16-17-18(19)20;1-5(2,7)3-4-6/h9-10H,2-8,11-17H2,1H3,(H,19,20);6-7H,3-4H2,1-2H3/b10-9-;. The van der Waals surface area contributed by atoms with Crippen molar-refractivity contribution < 1.29 is 20.1 Å². The molecule has 4 heteroatoms. The SMILES string of the molecule is CC(C)(O)CCO.CCCCCCCC/C=C\CCCCCCCC(=O)O. The number of unbranched alkanes of at least 4 members (excludes halogenated alkanes) is 11. The minimum atomic E-state index is -0.700. The van der Waals surface area contributed by atoms with Gasteiger partial charge in [0.15, 0.2) is 0 Å². The van der Waals surface area contributed by atoms with Gasteiger partial charge in [0.25, 0.3) is 0 Å². The minimum absolute atomic E-state index is 0.0590. The van der Waals surface area contributed by atoms with Gasteiger partial charge in [-0.15, -0.1) is 0 Å². The smallest absolute Gasteiger partial charge is 0.303 e. The van der Waals surface area contributed by atoms with Crippen molar-refractivity contribution in [2.45, 2.75) is 123 Å².